The Bertz CT molecular complexity index is 298. The Kier molecular flexibility index (Phi) is 4.41. The smallest absolute Gasteiger partial charge is 0.255 e. The van der Waals surface area contributed by atoms with Gasteiger partial charge in [0.2, 0.25) is 0 Å². The Morgan fingerprint density at radius 2 is 2.13 bits per heavy atom. The predicted molar refractivity (Wildman–Crippen MR) is 56.9 cm³/mol. The van der Waals surface area contributed by atoms with Crippen LogP contribution in [0.25, 0.3) is 0 Å². The minimum absolute atomic E-state index is 0.148. The summed E-state index contributed by atoms with van der Waals surface area (Å²) in [7, 11) is 0. The van der Waals surface area contributed by atoms with Crippen LogP contribution in [0.3, 0.4) is 0 Å². The van der Waals surface area contributed by atoms with Crippen LogP contribution in [0.4, 0.5) is 13.9 Å². The van der Waals surface area contributed by atoms with E-state index >= 15 is 0 Å². The van der Waals surface area contributed by atoms with Gasteiger partial charge < -0.3 is 10.0 Å². The molecule has 0 atom stereocenters. The number of aliphatic hydroxyl groups is 1. The van der Waals surface area contributed by atoms with Crippen molar-refractivity contribution in [3.8, 4) is 0 Å². The van der Waals surface area contributed by atoms with Crippen molar-refractivity contribution in [1.29, 1.82) is 0 Å². The summed E-state index contributed by atoms with van der Waals surface area (Å²) in [5.74, 6) is 0. The van der Waals surface area contributed by atoms with E-state index in [0.717, 1.165) is 10.6 Å². The first-order valence-electron chi connectivity index (χ1n) is 4.62. The van der Waals surface area contributed by atoms with E-state index in [9.17, 15) is 8.78 Å². The van der Waals surface area contributed by atoms with E-state index in [1.807, 2.05) is 13.8 Å². The van der Waals surface area contributed by atoms with Crippen LogP contribution in [-0.2, 0) is 0 Å². The Balaban J connectivity index is 2.78. The predicted octanol–water partition coefficient (Wildman–Crippen LogP) is 1.82. The highest BCUT2D eigenvalue weighted by Gasteiger charge is 2.16. The van der Waals surface area contributed by atoms with Crippen molar-refractivity contribution in [2.45, 2.75) is 20.3 Å². The summed E-state index contributed by atoms with van der Waals surface area (Å²) in [6.45, 7) is 3.40. The molecule has 0 aliphatic heterocycles. The van der Waals surface area contributed by atoms with Crippen LogP contribution in [0, 0.1) is 13.8 Å². The molecule has 0 unspecified atom stereocenters. The van der Waals surface area contributed by atoms with Gasteiger partial charge in [0.1, 0.15) is 0 Å². The topological polar surface area (TPSA) is 36.4 Å². The number of thiazole rings is 1. The maximum Gasteiger partial charge on any atom is 0.255 e. The zero-order valence-electron chi connectivity index (χ0n) is 8.70. The first kappa shape index (κ1) is 12.3. The number of anilines is 1. The Morgan fingerprint density at radius 1 is 1.47 bits per heavy atom. The van der Waals surface area contributed by atoms with Gasteiger partial charge in [0.15, 0.2) is 5.13 Å². The Morgan fingerprint density at radius 3 is 2.53 bits per heavy atom. The second-order valence-corrected chi connectivity index (χ2v) is 4.38. The number of aliphatic hydroxyl groups excluding tert-OH is 1. The molecule has 0 spiro atoms. The number of nitrogens with zero attached hydrogens (tertiary/aromatic N) is 2. The van der Waals surface area contributed by atoms with Gasteiger partial charge in [0.05, 0.1) is 18.8 Å². The van der Waals surface area contributed by atoms with Crippen LogP contribution in [-0.4, -0.2) is 36.2 Å². The van der Waals surface area contributed by atoms with Crippen LogP contribution < -0.4 is 4.90 Å². The normalized spacial score (nSPS) is 11.1. The second-order valence-electron chi connectivity index (χ2n) is 3.20. The van der Waals surface area contributed by atoms with Crippen molar-refractivity contribution < 1.29 is 13.9 Å². The summed E-state index contributed by atoms with van der Waals surface area (Å²) in [4.78, 5) is 6.61. The third-order valence-electron chi connectivity index (χ3n) is 2.02. The molecule has 1 rings (SSSR count). The molecule has 1 heterocycles. The molecular weight excluding hydrogens is 222 g/mol. The molecule has 1 aromatic rings. The quantitative estimate of drug-likeness (QED) is 0.847. The van der Waals surface area contributed by atoms with E-state index in [4.69, 9.17) is 5.11 Å². The highest BCUT2D eigenvalue weighted by Crippen LogP contribution is 2.25. The lowest BCUT2D eigenvalue weighted by Crippen LogP contribution is -2.31. The zero-order chi connectivity index (χ0) is 11.4. The molecule has 0 fully saturated rings. The SMILES string of the molecule is Cc1nc(N(CCO)CC(F)F)sc1C. The number of hydrogen-bond donors (Lipinski definition) is 1. The van der Waals surface area contributed by atoms with Crippen LogP contribution in [0.1, 0.15) is 10.6 Å². The minimum atomic E-state index is -2.42. The number of alkyl halides is 2. The number of hydrogen-bond acceptors (Lipinski definition) is 4. The summed E-state index contributed by atoms with van der Waals surface area (Å²) in [5.41, 5.74) is 0.854. The maximum absolute atomic E-state index is 12.3. The average molecular weight is 236 g/mol. The third kappa shape index (κ3) is 3.39. The standard InChI is InChI=1S/C9H14F2N2OS/c1-6-7(2)15-9(12-6)13(3-4-14)5-8(10)11/h8,14H,3-5H2,1-2H3. The van der Waals surface area contributed by atoms with Crippen LogP contribution in [0.5, 0.6) is 0 Å². The highest BCUT2D eigenvalue weighted by atomic mass is 32.1. The summed E-state index contributed by atoms with van der Waals surface area (Å²) in [5, 5.41) is 9.33. The zero-order valence-corrected chi connectivity index (χ0v) is 9.52. The fourth-order valence-electron chi connectivity index (χ4n) is 1.14. The molecule has 1 N–H and O–H groups in total. The van der Waals surface area contributed by atoms with Gasteiger partial charge in [0, 0.05) is 11.4 Å². The minimum Gasteiger partial charge on any atom is -0.395 e. The average Bonchev–Trinajstić information content (AvgIpc) is 2.46. The molecule has 0 aromatic carbocycles. The van der Waals surface area contributed by atoms with E-state index in [0.29, 0.717) is 5.13 Å². The van der Waals surface area contributed by atoms with E-state index in [-0.39, 0.29) is 19.7 Å². The molecule has 0 saturated carbocycles. The van der Waals surface area contributed by atoms with Gasteiger partial charge in [-0.2, -0.15) is 0 Å². The van der Waals surface area contributed by atoms with Gasteiger partial charge in [-0.3, -0.25) is 0 Å². The molecule has 0 amide bonds. The highest BCUT2D eigenvalue weighted by molar-refractivity contribution is 7.15. The lowest BCUT2D eigenvalue weighted by atomic mass is 10.4. The van der Waals surface area contributed by atoms with Crippen molar-refractivity contribution in [1.82, 2.24) is 4.98 Å². The van der Waals surface area contributed by atoms with E-state index in [2.05, 4.69) is 4.98 Å². The summed E-state index contributed by atoms with van der Waals surface area (Å²) < 4.78 is 24.5. The lowest BCUT2D eigenvalue weighted by Gasteiger charge is -2.19. The molecule has 1 aromatic heterocycles. The Hall–Kier alpha value is -0.750. The largest absolute Gasteiger partial charge is 0.395 e. The van der Waals surface area contributed by atoms with Crippen LogP contribution in [0.2, 0.25) is 0 Å². The number of halogens is 2. The molecule has 0 bridgehead atoms. The first-order chi connectivity index (χ1) is 7.04. The van der Waals surface area contributed by atoms with E-state index in [1.165, 1.54) is 16.2 Å². The molecule has 0 radical (unpaired) electrons. The molecular formula is C9H14F2N2OS. The van der Waals surface area contributed by atoms with Crippen molar-refractivity contribution in [2.75, 3.05) is 24.6 Å². The molecule has 0 aliphatic rings. The monoisotopic (exact) mass is 236 g/mol. The van der Waals surface area contributed by atoms with Crippen molar-refractivity contribution in [2.24, 2.45) is 0 Å². The van der Waals surface area contributed by atoms with Gasteiger partial charge >= 0.3 is 0 Å². The number of rotatable bonds is 5. The first-order valence-corrected chi connectivity index (χ1v) is 5.44. The van der Waals surface area contributed by atoms with E-state index < -0.39 is 6.43 Å². The lowest BCUT2D eigenvalue weighted by molar-refractivity contribution is 0.153. The summed E-state index contributed by atoms with van der Waals surface area (Å²) in [6, 6.07) is 0. The number of aromatic nitrogens is 1. The van der Waals surface area contributed by atoms with Gasteiger partial charge in [-0.1, -0.05) is 0 Å². The van der Waals surface area contributed by atoms with Gasteiger partial charge in [-0.05, 0) is 13.8 Å². The fraction of sp³-hybridized carbons (Fsp3) is 0.667. The molecule has 15 heavy (non-hydrogen) atoms. The number of aryl methyl sites for hydroxylation is 2. The molecule has 86 valence electrons. The van der Waals surface area contributed by atoms with Crippen molar-refractivity contribution in [3.63, 3.8) is 0 Å². The molecule has 0 saturated heterocycles. The van der Waals surface area contributed by atoms with Crippen molar-refractivity contribution >= 4 is 16.5 Å². The molecule has 3 nitrogen and oxygen atoms in total. The molecule has 6 heteroatoms. The van der Waals surface area contributed by atoms with Gasteiger partial charge in [-0.15, -0.1) is 11.3 Å². The molecule has 0 aliphatic carbocycles. The van der Waals surface area contributed by atoms with Gasteiger partial charge in [0.25, 0.3) is 6.43 Å². The van der Waals surface area contributed by atoms with Crippen LogP contribution >= 0.6 is 11.3 Å². The fourth-order valence-corrected chi connectivity index (χ4v) is 2.09. The Labute approximate surface area is 91.4 Å². The summed E-state index contributed by atoms with van der Waals surface area (Å²) in [6.07, 6.45) is -2.42. The second kappa shape index (κ2) is 5.37. The third-order valence-corrected chi connectivity index (χ3v) is 3.15. The van der Waals surface area contributed by atoms with Crippen LogP contribution in [0.15, 0.2) is 0 Å². The van der Waals surface area contributed by atoms with Gasteiger partial charge in [-0.25, -0.2) is 13.8 Å². The van der Waals surface area contributed by atoms with Crippen molar-refractivity contribution in [3.05, 3.63) is 10.6 Å². The summed E-state index contributed by atoms with van der Waals surface area (Å²) >= 11 is 1.37. The maximum atomic E-state index is 12.3. The van der Waals surface area contributed by atoms with E-state index in [1.54, 1.807) is 0 Å².